The molecule has 0 saturated carbocycles. The summed E-state index contributed by atoms with van der Waals surface area (Å²) in [6, 6.07) is 10.7. The van der Waals surface area contributed by atoms with Crippen LogP contribution in [0, 0.1) is 12.7 Å². The van der Waals surface area contributed by atoms with Gasteiger partial charge in [0.2, 0.25) is 0 Å². The summed E-state index contributed by atoms with van der Waals surface area (Å²) in [5.41, 5.74) is -1.70. The number of hydroxylamine groups is 1. The lowest BCUT2D eigenvalue weighted by Crippen LogP contribution is -2.42. The Balaban J connectivity index is 1.99. The molecule has 0 aliphatic rings. The predicted molar refractivity (Wildman–Crippen MR) is 117 cm³/mol. The number of nitrogens with zero attached hydrogens (tertiary/aromatic N) is 1. The standard InChI is InChI=1S/C25H18F9NO3/c1-14-10-16(8-9-20(14)26)22(37)15-4-2-6-18(11-15)35(13-21(36)24(29,30)31)38-19-7-3-5-17(12-19)23(27,28)25(32,33)34/h2-12,21,36H,13H2,1H3/t21-/m0/s1. The lowest BCUT2D eigenvalue weighted by atomic mass is 10.0. The van der Waals surface area contributed by atoms with Gasteiger partial charge in [-0.1, -0.05) is 24.3 Å². The van der Waals surface area contributed by atoms with Gasteiger partial charge in [-0.25, -0.2) is 9.45 Å². The molecule has 3 aromatic rings. The third-order valence-corrected chi connectivity index (χ3v) is 5.30. The Bertz CT molecular complexity index is 1310. The molecule has 0 unspecified atom stereocenters. The van der Waals surface area contributed by atoms with Crippen molar-refractivity contribution in [2.75, 3.05) is 11.6 Å². The van der Waals surface area contributed by atoms with Crippen LogP contribution >= 0.6 is 0 Å². The van der Waals surface area contributed by atoms with E-state index < -0.39 is 53.8 Å². The topological polar surface area (TPSA) is 49.8 Å². The first-order valence-electron chi connectivity index (χ1n) is 10.7. The van der Waals surface area contributed by atoms with Gasteiger partial charge in [-0.15, -0.1) is 0 Å². The molecule has 1 N–H and O–H groups in total. The van der Waals surface area contributed by atoms with Crippen LogP contribution in [0.4, 0.5) is 45.2 Å². The Morgan fingerprint density at radius 1 is 0.895 bits per heavy atom. The van der Waals surface area contributed by atoms with E-state index in [1.54, 1.807) is 0 Å². The number of aliphatic hydroxyl groups is 1. The molecule has 4 nitrogen and oxygen atoms in total. The lowest BCUT2D eigenvalue weighted by Gasteiger charge is -2.28. The number of carbonyl (C=O) groups excluding carboxylic acids is 1. The van der Waals surface area contributed by atoms with E-state index in [2.05, 4.69) is 0 Å². The molecule has 0 amide bonds. The Morgan fingerprint density at radius 2 is 1.53 bits per heavy atom. The summed E-state index contributed by atoms with van der Waals surface area (Å²) in [7, 11) is 0. The maximum Gasteiger partial charge on any atom is 0.458 e. The molecule has 3 aromatic carbocycles. The van der Waals surface area contributed by atoms with E-state index in [4.69, 9.17) is 4.84 Å². The van der Waals surface area contributed by atoms with Gasteiger partial charge < -0.3 is 9.94 Å². The average Bonchev–Trinajstić information content (AvgIpc) is 2.83. The maximum absolute atomic E-state index is 13.8. The highest BCUT2D eigenvalue weighted by atomic mass is 19.4. The third-order valence-electron chi connectivity index (χ3n) is 5.30. The molecule has 0 bridgehead atoms. The first kappa shape index (κ1) is 28.8. The summed E-state index contributed by atoms with van der Waals surface area (Å²) < 4.78 is 119. The van der Waals surface area contributed by atoms with Crippen molar-refractivity contribution in [1.82, 2.24) is 0 Å². The van der Waals surface area contributed by atoms with Crippen LogP contribution in [0.25, 0.3) is 0 Å². The van der Waals surface area contributed by atoms with Crippen LogP contribution in [0.1, 0.15) is 27.0 Å². The van der Waals surface area contributed by atoms with Gasteiger partial charge in [0.15, 0.2) is 17.6 Å². The number of hydrogen-bond donors (Lipinski definition) is 1. The summed E-state index contributed by atoms with van der Waals surface area (Å²) >= 11 is 0. The molecule has 0 saturated heterocycles. The maximum atomic E-state index is 13.8. The van der Waals surface area contributed by atoms with Crippen molar-refractivity contribution in [2.45, 2.75) is 31.3 Å². The van der Waals surface area contributed by atoms with Gasteiger partial charge in [-0.2, -0.15) is 35.1 Å². The van der Waals surface area contributed by atoms with Crippen LogP contribution in [0.5, 0.6) is 5.75 Å². The van der Waals surface area contributed by atoms with E-state index in [1.807, 2.05) is 0 Å². The van der Waals surface area contributed by atoms with Gasteiger partial charge in [0.25, 0.3) is 0 Å². The second kappa shape index (κ2) is 10.6. The summed E-state index contributed by atoms with van der Waals surface area (Å²) in [6.07, 6.45) is -14.1. The van der Waals surface area contributed by atoms with Crippen molar-refractivity contribution >= 4 is 11.5 Å². The molecule has 204 valence electrons. The average molecular weight is 551 g/mol. The fraction of sp³-hybridized carbons (Fsp3) is 0.240. The largest absolute Gasteiger partial charge is 0.458 e. The van der Waals surface area contributed by atoms with Gasteiger partial charge in [0.05, 0.1) is 12.2 Å². The summed E-state index contributed by atoms with van der Waals surface area (Å²) in [5, 5.41) is 9.98. The van der Waals surface area contributed by atoms with E-state index in [0.29, 0.717) is 11.1 Å². The molecule has 0 spiro atoms. The molecule has 3 rings (SSSR count). The normalized spacial score (nSPS) is 13.2. The van der Waals surface area contributed by atoms with Crippen LogP contribution < -0.4 is 9.90 Å². The van der Waals surface area contributed by atoms with Crippen LogP contribution in [0.15, 0.2) is 66.7 Å². The van der Waals surface area contributed by atoms with Crippen LogP contribution in [-0.2, 0) is 5.92 Å². The summed E-state index contributed by atoms with van der Waals surface area (Å²) in [5.74, 6) is -7.22. The van der Waals surface area contributed by atoms with Crippen molar-refractivity contribution in [3.8, 4) is 5.75 Å². The van der Waals surface area contributed by atoms with Gasteiger partial charge in [0.1, 0.15) is 5.82 Å². The van der Waals surface area contributed by atoms with E-state index in [-0.39, 0.29) is 28.4 Å². The molecule has 0 aliphatic heterocycles. The number of aliphatic hydroxyl groups excluding tert-OH is 1. The number of ketones is 1. The first-order valence-corrected chi connectivity index (χ1v) is 10.7. The van der Waals surface area contributed by atoms with Gasteiger partial charge in [0, 0.05) is 16.7 Å². The van der Waals surface area contributed by atoms with Crippen LogP contribution in [-0.4, -0.2) is 35.9 Å². The highest BCUT2D eigenvalue weighted by Gasteiger charge is 2.58. The molecular weight excluding hydrogens is 533 g/mol. The van der Waals surface area contributed by atoms with Crippen molar-refractivity contribution in [3.05, 3.63) is 94.8 Å². The molecule has 1 atom stereocenters. The highest BCUT2D eigenvalue weighted by molar-refractivity contribution is 6.09. The molecule has 0 radical (unpaired) electrons. The molecule has 13 heteroatoms. The molecular formula is C25H18F9NO3. The zero-order chi connectivity index (χ0) is 28.5. The predicted octanol–water partition coefficient (Wildman–Crippen LogP) is 6.74. The van der Waals surface area contributed by atoms with Gasteiger partial charge in [-0.05, 0) is 55.0 Å². The minimum absolute atomic E-state index is 0.0472. The van der Waals surface area contributed by atoms with E-state index in [0.717, 1.165) is 30.3 Å². The summed E-state index contributed by atoms with van der Waals surface area (Å²) in [4.78, 5) is 18.1. The zero-order valence-corrected chi connectivity index (χ0v) is 19.2. The second-order valence-corrected chi connectivity index (χ2v) is 8.15. The molecule has 0 heterocycles. The number of carbonyl (C=O) groups is 1. The fourth-order valence-corrected chi connectivity index (χ4v) is 3.25. The van der Waals surface area contributed by atoms with E-state index in [9.17, 15) is 49.4 Å². The minimum Gasteiger partial charge on any atom is -0.382 e. The Labute approximate surface area is 209 Å². The molecule has 0 fully saturated rings. The number of anilines is 1. The number of rotatable bonds is 8. The van der Waals surface area contributed by atoms with Crippen molar-refractivity contribution in [2.24, 2.45) is 0 Å². The number of alkyl halides is 8. The third kappa shape index (κ3) is 6.39. The van der Waals surface area contributed by atoms with Gasteiger partial charge >= 0.3 is 18.3 Å². The highest BCUT2D eigenvalue weighted by Crippen LogP contribution is 2.44. The van der Waals surface area contributed by atoms with E-state index in [1.165, 1.54) is 31.2 Å². The van der Waals surface area contributed by atoms with Crippen molar-refractivity contribution in [3.63, 3.8) is 0 Å². The Kier molecular flexibility index (Phi) is 8.01. The molecule has 0 aromatic heterocycles. The monoisotopic (exact) mass is 551 g/mol. The van der Waals surface area contributed by atoms with Gasteiger partial charge in [-0.3, -0.25) is 4.79 Å². The zero-order valence-electron chi connectivity index (χ0n) is 19.2. The molecule has 0 aliphatic carbocycles. The summed E-state index contributed by atoms with van der Waals surface area (Å²) in [6.45, 7) is 0.0732. The van der Waals surface area contributed by atoms with E-state index >= 15 is 0 Å². The number of hydrogen-bond acceptors (Lipinski definition) is 4. The van der Waals surface area contributed by atoms with Crippen molar-refractivity contribution in [1.29, 1.82) is 0 Å². The molecule has 38 heavy (non-hydrogen) atoms. The van der Waals surface area contributed by atoms with Crippen molar-refractivity contribution < 1.29 is 54.3 Å². The first-order chi connectivity index (χ1) is 17.5. The van der Waals surface area contributed by atoms with Crippen LogP contribution in [0.2, 0.25) is 0 Å². The smallest absolute Gasteiger partial charge is 0.382 e. The number of halogens is 9. The fourth-order valence-electron chi connectivity index (χ4n) is 3.25. The second-order valence-electron chi connectivity index (χ2n) is 8.15. The number of benzene rings is 3. The Morgan fingerprint density at radius 3 is 2.13 bits per heavy atom. The SMILES string of the molecule is Cc1cc(C(=O)c2cccc(N(C[C@H](O)C(F)(F)F)Oc3cccc(C(F)(F)C(F)(F)F)c3)c2)ccc1F. The minimum atomic E-state index is -5.95. The number of aryl methyl sites for hydroxylation is 1. The van der Waals surface area contributed by atoms with Crippen LogP contribution in [0.3, 0.4) is 0 Å². The lowest BCUT2D eigenvalue weighted by molar-refractivity contribution is -0.289. The quantitative estimate of drug-likeness (QED) is 0.191. The Hall–Kier alpha value is -3.74.